The van der Waals surface area contributed by atoms with Crippen molar-refractivity contribution >= 4 is 22.7 Å². The number of nitro benzene ring substituents is 1. The van der Waals surface area contributed by atoms with Gasteiger partial charge in [0.2, 0.25) is 5.91 Å². The molecule has 0 spiro atoms. The number of oxazole rings is 1. The third-order valence-electron chi connectivity index (χ3n) is 5.07. The predicted molar refractivity (Wildman–Crippen MR) is 103 cm³/mol. The first kappa shape index (κ1) is 18.9. The number of non-ortho nitro benzene ring substituents is 1. The number of carbonyl (C=O) groups is 1. The van der Waals surface area contributed by atoms with E-state index in [2.05, 4.69) is 14.9 Å². The Labute approximate surface area is 165 Å². The van der Waals surface area contributed by atoms with Gasteiger partial charge >= 0.3 is 5.76 Å². The Bertz CT molecular complexity index is 1100. The molecule has 0 fully saturated rings. The van der Waals surface area contributed by atoms with Crippen LogP contribution >= 0.6 is 0 Å². The number of rotatable bonds is 7. The summed E-state index contributed by atoms with van der Waals surface area (Å²) in [6, 6.07) is 4.04. The maximum atomic E-state index is 12.1. The summed E-state index contributed by atoms with van der Waals surface area (Å²) in [5.74, 6) is 0.365. The van der Waals surface area contributed by atoms with Crippen LogP contribution in [0.5, 0.6) is 0 Å². The van der Waals surface area contributed by atoms with Gasteiger partial charge in [-0.1, -0.05) is 0 Å². The van der Waals surface area contributed by atoms with Crippen LogP contribution in [0.15, 0.2) is 33.6 Å². The lowest BCUT2D eigenvalue weighted by Gasteiger charge is -2.11. The Morgan fingerprint density at radius 2 is 2.21 bits per heavy atom. The number of amides is 1. The van der Waals surface area contributed by atoms with Gasteiger partial charge in [0, 0.05) is 38.2 Å². The van der Waals surface area contributed by atoms with Crippen LogP contribution in [-0.2, 0) is 30.8 Å². The second-order valence-corrected chi connectivity index (χ2v) is 7.11. The fraction of sp³-hybridized carbons (Fsp3) is 0.421. The normalized spacial score (nSPS) is 13.4. The Morgan fingerprint density at radius 1 is 1.34 bits per heavy atom. The first-order chi connectivity index (χ1) is 14.0. The molecule has 0 bridgehead atoms. The summed E-state index contributed by atoms with van der Waals surface area (Å²) >= 11 is 0. The van der Waals surface area contributed by atoms with Crippen LogP contribution < -0.4 is 11.1 Å². The molecule has 1 N–H and O–H groups in total. The molecular weight excluding hydrogens is 378 g/mol. The van der Waals surface area contributed by atoms with E-state index in [9.17, 15) is 19.7 Å². The van der Waals surface area contributed by atoms with Crippen molar-refractivity contribution in [3.05, 3.63) is 56.6 Å². The first-order valence-electron chi connectivity index (χ1n) is 9.60. The molecule has 0 saturated heterocycles. The van der Waals surface area contributed by atoms with Crippen LogP contribution in [0.2, 0.25) is 0 Å². The lowest BCUT2D eigenvalue weighted by atomic mass is 10.2. The molecule has 4 rings (SSSR count). The molecule has 3 heterocycles. The highest BCUT2D eigenvalue weighted by Crippen LogP contribution is 2.20. The molecule has 2 aromatic heterocycles. The van der Waals surface area contributed by atoms with E-state index in [1.54, 1.807) is 0 Å². The zero-order chi connectivity index (χ0) is 20.4. The summed E-state index contributed by atoms with van der Waals surface area (Å²) in [5.41, 5.74) is 1.36. The molecule has 3 aromatic rings. The van der Waals surface area contributed by atoms with E-state index in [0.717, 1.165) is 37.3 Å². The van der Waals surface area contributed by atoms with Gasteiger partial charge in [-0.25, -0.2) is 9.78 Å². The first-order valence-corrected chi connectivity index (χ1v) is 9.60. The molecule has 0 radical (unpaired) electrons. The molecule has 1 aromatic carbocycles. The molecule has 1 amide bonds. The maximum Gasteiger partial charge on any atom is 0.419 e. The summed E-state index contributed by atoms with van der Waals surface area (Å²) in [4.78, 5) is 39.0. The van der Waals surface area contributed by atoms with Gasteiger partial charge in [-0.15, -0.1) is 0 Å². The van der Waals surface area contributed by atoms with Crippen molar-refractivity contribution in [1.82, 2.24) is 19.4 Å². The summed E-state index contributed by atoms with van der Waals surface area (Å²) < 4.78 is 8.61. The number of aryl methyl sites for hydroxylation is 3. The summed E-state index contributed by atoms with van der Waals surface area (Å²) in [6.45, 7) is 1.65. The fourth-order valence-electron chi connectivity index (χ4n) is 3.61. The second-order valence-electron chi connectivity index (χ2n) is 7.11. The summed E-state index contributed by atoms with van der Waals surface area (Å²) in [7, 11) is 0. The molecule has 1 aliphatic heterocycles. The van der Waals surface area contributed by atoms with Crippen LogP contribution in [-0.4, -0.2) is 24.9 Å². The molecule has 1 aliphatic rings. The minimum absolute atomic E-state index is 0.118. The average Bonchev–Trinajstić information content (AvgIpc) is 3.26. The van der Waals surface area contributed by atoms with Gasteiger partial charge in [-0.3, -0.25) is 19.5 Å². The summed E-state index contributed by atoms with van der Waals surface area (Å²) in [5, 5.41) is 13.7. The van der Waals surface area contributed by atoms with Gasteiger partial charge in [-0.2, -0.15) is 0 Å². The Hall–Kier alpha value is -3.43. The van der Waals surface area contributed by atoms with E-state index >= 15 is 0 Å². The number of fused-ring (bicyclic) bond motifs is 2. The number of carbonyl (C=O) groups excluding carboxylic acids is 1. The van der Waals surface area contributed by atoms with E-state index in [1.165, 1.54) is 22.8 Å². The van der Waals surface area contributed by atoms with Crippen molar-refractivity contribution in [3.63, 3.8) is 0 Å². The highest BCUT2D eigenvalue weighted by atomic mass is 16.6. The van der Waals surface area contributed by atoms with E-state index in [0.29, 0.717) is 18.5 Å². The highest BCUT2D eigenvalue weighted by molar-refractivity contribution is 5.76. The number of nitrogens with one attached hydrogen (secondary N) is 1. The predicted octanol–water partition coefficient (Wildman–Crippen LogP) is 2.13. The van der Waals surface area contributed by atoms with E-state index < -0.39 is 10.7 Å². The number of imidazole rings is 1. The zero-order valence-corrected chi connectivity index (χ0v) is 15.8. The smallest absolute Gasteiger partial charge is 0.407 e. The minimum atomic E-state index is -0.593. The van der Waals surface area contributed by atoms with Crippen LogP contribution in [0.3, 0.4) is 0 Å². The number of hydrogen-bond donors (Lipinski definition) is 1. The van der Waals surface area contributed by atoms with Crippen molar-refractivity contribution in [2.24, 2.45) is 0 Å². The van der Waals surface area contributed by atoms with Gasteiger partial charge < -0.3 is 14.3 Å². The highest BCUT2D eigenvalue weighted by Gasteiger charge is 2.15. The standard InChI is InChI=1S/C19H21N5O5/c25-18(20-11-13-12-22-8-2-1-4-17(22)21-13)5-3-9-23-15-7-6-14(24(27)28)10-16(15)29-19(23)26/h6-7,10,12H,1-5,8-9,11H2,(H,20,25). The zero-order valence-electron chi connectivity index (χ0n) is 15.8. The van der Waals surface area contributed by atoms with E-state index in [1.807, 2.05) is 6.20 Å². The van der Waals surface area contributed by atoms with Crippen molar-refractivity contribution in [3.8, 4) is 0 Å². The lowest BCUT2D eigenvalue weighted by Crippen LogP contribution is -2.23. The minimum Gasteiger partial charge on any atom is -0.407 e. The lowest BCUT2D eigenvalue weighted by molar-refractivity contribution is -0.384. The van der Waals surface area contributed by atoms with Crippen LogP contribution in [0.25, 0.3) is 11.1 Å². The monoisotopic (exact) mass is 399 g/mol. The number of benzene rings is 1. The van der Waals surface area contributed by atoms with Gasteiger partial charge in [0.25, 0.3) is 5.69 Å². The molecule has 152 valence electrons. The topological polar surface area (TPSA) is 125 Å². The van der Waals surface area contributed by atoms with Crippen LogP contribution in [0, 0.1) is 10.1 Å². The van der Waals surface area contributed by atoms with Gasteiger partial charge in [-0.05, 0) is 25.3 Å². The number of nitrogens with zero attached hydrogens (tertiary/aromatic N) is 4. The quantitative estimate of drug-likeness (QED) is 0.479. The molecular formula is C19H21N5O5. The van der Waals surface area contributed by atoms with E-state index in [-0.39, 0.29) is 30.1 Å². The molecule has 0 unspecified atom stereocenters. The number of aromatic nitrogens is 3. The second kappa shape index (κ2) is 7.90. The van der Waals surface area contributed by atoms with Crippen molar-refractivity contribution < 1.29 is 14.1 Å². The van der Waals surface area contributed by atoms with Gasteiger partial charge in [0.1, 0.15) is 5.82 Å². The molecule has 0 saturated carbocycles. The number of hydrogen-bond acceptors (Lipinski definition) is 6. The Morgan fingerprint density at radius 3 is 3.00 bits per heavy atom. The third-order valence-corrected chi connectivity index (χ3v) is 5.07. The molecule has 10 heteroatoms. The molecule has 0 aliphatic carbocycles. The van der Waals surface area contributed by atoms with Gasteiger partial charge in [0.15, 0.2) is 5.58 Å². The molecule has 29 heavy (non-hydrogen) atoms. The average molecular weight is 399 g/mol. The van der Waals surface area contributed by atoms with Crippen molar-refractivity contribution in [1.29, 1.82) is 0 Å². The van der Waals surface area contributed by atoms with Crippen LogP contribution in [0.1, 0.15) is 37.2 Å². The van der Waals surface area contributed by atoms with Crippen molar-refractivity contribution in [2.45, 2.75) is 51.7 Å². The Balaban J connectivity index is 1.31. The number of nitro groups is 1. The van der Waals surface area contributed by atoms with E-state index in [4.69, 9.17) is 4.42 Å². The third kappa shape index (κ3) is 4.05. The van der Waals surface area contributed by atoms with Gasteiger partial charge in [0.05, 0.1) is 28.7 Å². The molecule has 0 atom stereocenters. The van der Waals surface area contributed by atoms with Crippen LogP contribution in [0.4, 0.5) is 5.69 Å². The summed E-state index contributed by atoms with van der Waals surface area (Å²) in [6.07, 6.45) is 5.97. The SMILES string of the molecule is O=C(CCCn1c(=O)oc2cc([N+](=O)[O-])ccc21)NCc1cn2c(n1)CCCC2. The fourth-order valence-corrected chi connectivity index (χ4v) is 3.61. The largest absolute Gasteiger partial charge is 0.419 e. The molecule has 10 nitrogen and oxygen atoms in total. The Kier molecular flexibility index (Phi) is 5.15. The maximum absolute atomic E-state index is 12.1. The van der Waals surface area contributed by atoms with Crippen molar-refractivity contribution in [2.75, 3.05) is 0 Å².